The van der Waals surface area contributed by atoms with E-state index >= 15 is 0 Å². The van der Waals surface area contributed by atoms with E-state index in [9.17, 15) is 5.11 Å². The van der Waals surface area contributed by atoms with Crippen LogP contribution in [-0.2, 0) is 13.1 Å². The number of likely N-dealkylation sites (tertiary alicyclic amines) is 1. The van der Waals surface area contributed by atoms with Gasteiger partial charge in [0, 0.05) is 70.4 Å². The molecule has 0 saturated carbocycles. The lowest BCUT2D eigenvalue weighted by Gasteiger charge is -2.45. The van der Waals surface area contributed by atoms with Crippen LogP contribution in [0.1, 0.15) is 17.5 Å². The normalized spacial score (nSPS) is 22.8. The first-order valence-corrected chi connectivity index (χ1v) is 11.6. The molecule has 168 valence electrons. The molecule has 7 heteroatoms. The molecule has 2 saturated heterocycles. The van der Waals surface area contributed by atoms with Gasteiger partial charge in [0.1, 0.15) is 5.82 Å². The van der Waals surface area contributed by atoms with Crippen molar-refractivity contribution in [2.75, 3.05) is 44.2 Å². The van der Waals surface area contributed by atoms with E-state index in [0.717, 1.165) is 64.6 Å². The zero-order chi connectivity index (χ0) is 21.8. The maximum Gasteiger partial charge on any atom is 0.128 e. The Kier molecular flexibility index (Phi) is 6.48. The first-order valence-electron chi connectivity index (χ1n) is 11.6. The van der Waals surface area contributed by atoms with E-state index in [1.807, 2.05) is 41.5 Å². The largest absolute Gasteiger partial charge is 0.390 e. The molecule has 0 amide bonds. The van der Waals surface area contributed by atoms with Gasteiger partial charge in [0.05, 0.1) is 12.6 Å². The van der Waals surface area contributed by atoms with Crippen LogP contribution in [0.5, 0.6) is 0 Å². The zero-order valence-electron chi connectivity index (χ0n) is 18.5. The molecule has 1 aromatic carbocycles. The number of aliphatic hydroxyl groups excluding tert-OH is 1. The molecular weight excluding hydrogens is 400 g/mol. The second-order valence-electron chi connectivity index (χ2n) is 8.84. The summed E-state index contributed by atoms with van der Waals surface area (Å²) in [6.45, 7) is 7.27. The fourth-order valence-electron chi connectivity index (χ4n) is 5.05. The number of nitrogens with zero attached hydrogens (tertiary/aromatic N) is 6. The van der Waals surface area contributed by atoms with Crippen molar-refractivity contribution in [2.24, 2.45) is 0 Å². The van der Waals surface area contributed by atoms with Gasteiger partial charge >= 0.3 is 0 Å². The molecule has 32 heavy (non-hydrogen) atoms. The number of benzene rings is 1. The Hall–Kier alpha value is -2.74. The maximum absolute atomic E-state index is 11.0. The van der Waals surface area contributed by atoms with E-state index in [1.165, 1.54) is 11.1 Å². The van der Waals surface area contributed by atoms with E-state index in [1.54, 1.807) is 0 Å². The average Bonchev–Trinajstić information content (AvgIpc) is 3.34. The second-order valence-corrected chi connectivity index (χ2v) is 8.84. The smallest absolute Gasteiger partial charge is 0.128 e. The van der Waals surface area contributed by atoms with Crippen LogP contribution in [0.3, 0.4) is 0 Å². The Balaban J connectivity index is 1.15. The Morgan fingerprint density at radius 3 is 2.31 bits per heavy atom. The average molecular weight is 433 g/mol. The molecule has 0 bridgehead atoms. The molecule has 0 radical (unpaired) electrons. The Morgan fingerprint density at radius 2 is 1.62 bits per heavy atom. The number of hydrogen-bond acceptors (Lipinski definition) is 6. The van der Waals surface area contributed by atoms with Crippen LogP contribution in [0, 0.1) is 0 Å². The summed E-state index contributed by atoms with van der Waals surface area (Å²) in [7, 11) is 0. The van der Waals surface area contributed by atoms with E-state index in [4.69, 9.17) is 0 Å². The molecule has 2 aliphatic rings. The monoisotopic (exact) mass is 432 g/mol. The molecule has 0 unspecified atom stereocenters. The van der Waals surface area contributed by atoms with Crippen LogP contribution < -0.4 is 4.90 Å². The van der Waals surface area contributed by atoms with Crippen LogP contribution in [0.15, 0.2) is 67.1 Å². The van der Waals surface area contributed by atoms with Gasteiger partial charge in [-0.25, -0.2) is 4.98 Å². The molecule has 0 spiro atoms. The SMILES string of the molecule is O[C@@H]1CN(Cc2ccccc2Cn2cccn2)CC[C@H]1N1CCN(c2ccccn2)CC1. The van der Waals surface area contributed by atoms with Gasteiger partial charge in [-0.1, -0.05) is 30.3 Å². The first-order chi connectivity index (χ1) is 15.8. The van der Waals surface area contributed by atoms with Crippen molar-refractivity contribution in [1.29, 1.82) is 0 Å². The van der Waals surface area contributed by atoms with Crippen molar-refractivity contribution in [1.82, 2.24) is 24.6 Å². The summed E-state index contributed by atoms with van der Waals surface area (Å²) >= 11 is 0. The number of aliphatic hydroxyl groups is 1. The highest BCUT2D eigenvalue weighted by Gasteiger charge is 2.34. The van der Waals surface area contributed by atoms with Gasteiger partial charge in [-0.05, 0) is 35.7 Å². The number of aromatic nitrogens is 3. The van der Waals surface area contributed by atoms with E-state index in [-0.39, 0.29) is 12.1 Å². The van der Waals surface area contributed by atoms with Gasteiger partial charge in [0.2, 0.25) is 0 Å². The Morgan fingerprint density at radius 1 is 0.844 bits per heavy atom. The summed E-state index contributed by atoms with van der Waals surface area (Å²) in [4.78, 5) is 11.7. The number of rotatable bonds is 6. The van der Waals surface area contributed by atoms with Gasteiger partial charge in [0.15, 0.2) is 0 Å². The number of pyridine rings is 1. The number of β-amino-alcohol motifs (C(OH)–C–C–N with tert-alkyl or cyclic N) is 1. The highest BCUT2D eigenvalue weighted by atomic mass is 16.3. The molecule has 7 nitrogen and oxygen atoms in total. The summed E-state index contributed by atoms with van der Waals surface area (Å²) < 4.78 is 1.96. The summed E-state index contributed by atoms with van der Waals surface area (Å²) in [5.74, 6) is 1.05. The van der Waals surface area contributed by atoms with Crippen LogP contribution in [0.2, 0.25) is 0 Å². The van der Waals surface area contributed by atoms with E-state index < -0.39 is 0 Å². The number of anilines is 1. The zero-order valence-corrected chi connectivity index (χ0v) is 18.5. The van der Waals surface area contributed by atoms with Gasteiger partial charge in [-0.2, -0.15) is 5.10 Å². The number of piperazine rings is 1. The fourth-order valence-corrected chi connectivity index (χ4v) is 5.05. The standard InChI is InChI=1S/C25H32N6O/c32-24-20-28(18-21-6-1-2-7-22(21)19-31-12-5-11-27-31)13-9-23(24)29-14-16-30(17-15-29)25-8-3-4-10-26-25/h1-8,10-12,23-24,32H,9,13-20H2/t23-,24-/m1/s1. The highest BCUT2D eigenvalue weighted by Crippen LogP contribution is 2.23. The molecule has 3 aromatic rings. The first kappa shape index (κ1) is 21.1. The predicted octanol–water partition coefficient (Wildman–Crippen LogP) is 2.08. The number of hydrogen-bond donors (Lipinski definition) is 1. The minimum Gasteiger partial charge on any atom is -0.390 e. The molecule has 2 aromatic heterocycles. The predicted molar refractivity (Wildman–Crippen MR) is 125 cm³/mol. The van der Waals surface area contributed by atoms with Gasteiger partial charge in [-0.15, -0.1) is 0 Å². The van der Waals surface area contributed by atoms with Crippen LogP contribution >= 0.6 is 0 Å². The van der Waals surface area contributed by atoms with Crippen molar-refractivity contribution in [2.45, 2.75) is 31.7 Å². The third-order valence-corrected chi connectivity index (χ3v) is 6.79. The van der Waals surface area contributed by atoms with Crippen LogP contribution in [0.4, 0.5) is 5.82 Å². The molecule has 2 atom stereocenters. The second kappa shape index (κ2) is 9.81. The van der Waals surface area contributed by atoms with Gasteiger partial charge in [-0.3, -0.25) is 14.5 Å². The van der Waals surface area contributed by atoms with E-state index in [2.05, 4.69) is 55.1 Å². The van der Waals surface area contributed by atoms with Crippen molar-refractivity contribution >= 4 is 5.82 Å². The molecule has 4 heterocycles. The lowest BCUT2D eigenvalue weighted by molar-refractivity contribution is -0.0172. The van der Waals surface area contributed by atoms with Crippen molar-refractivity contribution < 1.29 is 5.11 Å². The summed E-state index contributed by atoms with van der Waals surface area (Å²) in [5, 5.41) is 15.4. The Labute approximate surface area is 189 Å². The molecule has 5 rings (SSSR count). The molecule has 1 N–H and O–H groups in total. The lowest BCUT2D eigenvalue weighted by atomic mass is 9.98. The summed E-state index contributed by atoms with van der Waals surface area (Å²) in [6.07, 6.45) is 6.36. The third-order valence-electron chi connectivity index (χ3n) is 6.79. The summed E-state index contributed by atoms with van der Waals surface area (Å²) in [5.41, 5.74) is 2.61. The topological polar surface area (TPSA) is 60.7 Å². The maximum atomic E-state index is 11.0. The van der Waals surface area contributed by atoms with E-state index in [0.29, 0.717) is 0 Å². The third kappa shape index (κ3) is 4.85. The highest BCUT2D eigenvalue weighted by molar-refractivity contribution is 5.38. The minimum atomic E-state index is -0.316. The summed E-state index contributed by atoms with van der Waals surface area (Å²) in [6, 6.07) is 16.9. The van der Waals surface area contributed by atoms with Gasteiger partial charge < -0.3 is 10.0 Å². The van der Waals surface area contributed by atoms with Crippen molar-refractivity contribution in [3.8, 4) is 0 Å². The molecular formula is C25H32N6O. The van der Waals surface area contributed by atoms with Crippen LogP contribution in [0.25, 0.3) is 0 Å². The molecule has 0 aliphatic carbocycles. The fraction of sp³-hybridized carbons (Fsp3) is 0.440. The minimum absolute atomic E-state index is 0.247. The Bertz CT molecular complexity index is 971. The molecule has 2 fully saturated rings. The lowest BCUT2D eigenvalue weighted by Crippen LogP contribution is -2.58. The van der Waals surface area contributed by atoms with Crippen LogP contribution in [-0.4, -0.2) is 81.1 Å². The quantitative estimate of drug-likeness (QED) is 0.644. The number of piperidine rings is 1. The van der Waals surface area contributed by atoms with Gasteiger partial charge in [0.25, 0.3) is 0 Å². The molecule has 2 aliphatic heterocycles. The van der Waals surface area contributed by atoms with Crippen molar-refractivity contribution in [3.05, 3.63) is 78.2 Å². The van der Waals surface area contributed by atoms with Crippen molar-refractivity contribution in [3.63, 3.8) is 0 Å².